The average Bonchev–Trinajstić information content (AvgIpc) is 2.83. The number of urea groups is 1. The molecule has 1 N–H and O–H groups in total. The molecule has 0 radical (unpaired) electrons. The summed E-state index contributed by atoms with van der Waals surface area (Å²) in [6.07, 6.45) is 5.60. The topological polar surface area (TPSA) is 67.2 Å². The number of fused-ring (bicyclic) bond motifs is 1. The van der Waals surface area contributed by atoms with Crippen LogP contribution in [-0.2, 0) is 0 Å². The number of aromatic nitrogens is 2. The molecule has 35 heavy (non-hydrogen) atoms. The molecule has 1 aliphatic carbocycles. The number of aryl methyl sites for hydroxylation is 2. The van der Waals surface area contributed by atoms with Crippen LogP contribution in [0.3, 0.4) is 0 Å². The highest BCUT2D eigenvalue weighted by atomic mass is 16.2. The summed E-state index contributed by atoms with van der Waals surface area (Å²) in [5.41, 5.74) is 3.48. The van der Waals surface area contributed by atoms with Crippen molar-refractivity contribution in [1.29, 1.82) is 0 Å². The van der Waals surface area contributed by atoms with E-state index < -0.39 is 0 Å². The highest BCUT2D eigenvalue weighted by molar-refractivity contribution is 5.78. The summed E-state index contributed by atoms with van der Waals surface area (Å²) in [5, 5.41) is 3.85. The molecule has 0 spiro atoms. The van der Waals surface area contributed by atoms with E-state index in [1.807, 2.05) is 62.1 Å². The van der Waals surface area contributed by atoms with E-state index in [0.29, 0.717) is 23.3 Å². The fourth-order valence-corrected chi connectivity index (χ4v) is 5.17. The maximum atomic E-state index is 13.8. The van der Waals surface area contributed by atoms with Gasteiger partial charge in [-0.3, -0.25) is 9.36 Å². The Morgan fingerprint density at radius 3 is 2.49 bits per heavy atom. The summed E-state index contributed by atoms with van der Waals surface area (Å²) < 4.78 is 1.71. The highest BCUT2D eigenvalue weighted by Crippen LogP contribution is 2.26. The molecule has 3 aromatic rings. The second-order valence-electron chi connectivity index (χ2n) is 10.4. The molecule has 1 fully saturated rings. The van der Waals surface area contributed by atoms with Crippen LogP contribution in [0, 0.1) is 19.8 Å². The first-order valence-corrected chi connectivity index (χ1v) is 12.9. The van der Waals surface area contributed by atoms with Crippen LogP contribution in [0.15, 0.2) is 47.3 Å². The molecule has 1 unspecified atom stereocenters. The minimum atomic E-state index is -0.390. The van der Waals surface area contributed by atoms with Crippen molar-refractivity contribution in [3.05, 3.63) is 69.8 Å². The lowest BCUT2D eigenvalue weighted by Gasteiger charge is -2.34. The monoisotopic (exact) mass is 474 g/mol. The van der Waals surface area contributed by atoms with Crippen LogP contribution in [0.4, 0.5) is 4.79 Å². The van der Waals surface area contributed by atoms with Gasteiger partial charge in [-0.25, -0.2) is 9.78 Å². The van der Waals surface area contributed by atoms with Crippen molar-refractivity contribution in [1.82, 2.24) is 19.8 Å². The zero-order valence-electron chi connectivity index (χ0n) is 21.7. The van der Waals surface area contributed by atoms with E-state index in [-0.39, 0.29) is 29.6 Å². The van der Waals surface area contributed by atoms with Crippen molar-refractivity contribution in [2.45, 2.75) is 78.8 Å². The molecule has 2 amide bonds. The summed E-state index contributed by atoms with van der Waals surface area (Å²) in [7, 11) is 0. The number of hydrogen-bond donors (Lipinski definition) is 1. The molecule has 1 aromatic heterocycles. The predicted molar refractivity (Wildman–Crippen MR) is 142 cm³/mol. The van der Waals surface area contributed by atoms with Crippen LogP contribution >= 0.6 is 0 Å². The Bertz CT molecular complexity index is 1260. The van der Waals surface area contributed by atoms with Crippen molar-refractivity contribution in [2.75, 3.05) is 6.54 Å². The summed E-state index contributed by atoms with van der Waals surface area (Å²) in [6.45, 7) is 10.8. The first kappa shape index (κ1) is 25.0. The number of amides is 2. The molecule has 1 heterocycles. The normalized spacial score (nSPS) is 15.4. The summed E-state index contributed by atoms with van der Waals surface area (Å²) in [4.78, 5) is 34.2. The van der Waals surface area contributed by atoms with Crippen molar-refractivity contribution in [2.24, 2.45) is 5.92 Å². The summed E-state index contributed by atoms with van der Waals surface area (Å²) >= 11 is 0. The van der Waals surface area contributed by atoms with Gasteiger partial charge in [-0.05, 0) is 63.3 Å². The molecular formula is C29H38N4O2. The average molecular weight is 475 g/mol. The predicted octanol–water partition coefficient (Wildman–Crippen LogP) is 6.06. The third kappa shape index (κ3) is 5.42. The van der Waals surface area contributed by atoms with Gasteiger partial charge in [0.15, 0.2) is 0 Å². The second kappa shape index (κ2) is 10.6. The van der Waals surface area contributed by atoms with Crippen LogP contribution in [0.5, 0.6) is 0 Å². The quantitative estimate of drug-likeness (QED) is 0.472. The van der Waals surface area contributed by atoms with Gasteiger partial charge < -0.3 is 10.2 Å². The van der Waals surface area contributed by atoms with Crippen molar-refractivity contribution >= 4 is 16.9 Å². The number of rotatable bonds is 6. The van der Waals surface area contributed by atoms with E-state index in [2.05, 4.69) is 25.2 Å². The zero-order chi connectivity index (χ0) is 25.1. The van der Waals surface area contributed by atoms with Crippen LogP contribution < -0.4 is 10.9 Å². The van der Waals surface area contributed by atoms with Gasteiger partial charge in [0.2, 0.25) is 0 Å². The van der Waals surface area contributed by atoms with Gasteiger partial charge in [0.05, 0.1) is 22.6 Å². The number of benzene rings is 2. The lowest BCUT2D eigenvalue weighted by molar-refractivity contribution is 0.160. The molecule has 186 valence electrons. The highest BCUT2D eigenvalue weighted by Gasteiger charge is 2.29. The molecule has 4 rings (SSSR count). The van der Waals surface area contributed by atoms with E-state index in [4.69, 9.17) is 4.98 Å². The number of carbonyl (C=O) groups excluding carboxylic acids is 1. The smallest absolute Gasteiger partial charge is 0.318 e. The van der Waals surface area contributed by atoms with Crippen molar-refractivity contribution < 1.29 is 4.79 Å². The molecule has 0 aliphatic heterocycles. The zero-order valence-corrected chi connectivity index (χ0v) is 21.7. The van der Waals surface area contributed by atoms with Crippen molar-refractivity contribution in [3.8, 4) is 5.69 Å². The lowest BCUT2D eigenvalue weighted by Crippen LogP contribution is -2.48. The Hall–Kier alpha value is -3.15. The number of nitrogens with zero attached hydrogens (tertiary/aromatic N) is 3. The van der Waals surface area contributed by atoms with Gasteiger partial charge in [-0.2, -0.15) is 0 Å². The Kier molecular flexibility index (Phi) is 7.58. The van der Waals surface area contributed by atoms with E-state index in [1.54, 1.807) is 4.57 Å². The van der Waals surface area contributed by atoms with Gasteiger partial charge in [-0.15, -0.1) is 0 Å². The Morgan fingerprint density at radius 1 is 1.09 bits per heavy atom. The van der Waals surface area contributed by atoms with Gasteiger partial charge in [0, 0.05) is 12.6 Å². The number of nitrogens with one attached hydrogen (secondary N) is 1. The molecule has 1 atom stereocenters. The Balaban J connectivity index is 1.83. The second-order valence-corrected chi connectivity index (χ2v) is 10.4. The van der Waals surface area contributed by atoms with Gasteiger partial charge >= 0.3 is 6.03 Å². The van der Waals surface area contributed by atoms with Crippen LogP contribution in [0.2, 0.25) is 0 Å². The van der Waals surface area contributed by atoms with Crippen LogP contribution in [0.1, 0.15) is 75.9 Å². The molecule has 0 saturated heterocycles. The van der Waals surface area contributed by atoms with Gasteiger partial charge in [0.25, 0.3) is 5.56 Å². The molecule has 6 nitrogen and oxygen atoms in total. The minimum absolute atomic E-state index is 0.0762. The maximum Gasteiger partial charge on any atom is 0.318 e. The van der Waals surface area contributed by atoms with Crippen molar-refractivity contribution in [3.63, 3.8) is 0 Å². The van der Waals surface area contributed by atoms with Gasteiger partial charge in [-0.1, -0.05) is 62.9 Å². The van der Waals surface area contributed by atoms with Crippen LogP contribution in [-0.4, -0.2) is 33.1 Å². The maximum absolute atomic E-state index is 13.8. The van der Waals surface area contributed by atoms with E-state index in [0.717, 1.165) is 42.5 Å². The Morgan fingerprint density at radius 2 is 1.80 bits per heavy atom. The minimum Gasteiger partial charge on any atom is -0.335 e. The summed E-state index contributed by atoms with van der Waals surface area (Å²) in [6, 6.07) is 13.3. The molecule has 1 saturated carbocycles. The standard InChI is InChI=1S/C29H38N4O2/c1-19(2)18-32(29(35)30-23-11-7-6-8-12-23)22(5)27-31-25-14-10-9-13-24(25)28(34)33(27)26-16-15-20(3)17-21(26)4/h9-10,13-17,19,22-23H,6-8,11-12,18H2,1-5H3,(H,30,35). The molecular weight excluding hydrogens is 436 g/mol. The van der Waals surface area contributed by atoms with Crippen LogP contribution in [0.25, 0.3) is 16.6 Å². The first-order valence-electron chi connectivity index (χ1n) is 12.9. The number of para-hydroxylation sites is 1. The summed E-state index contributed by atoms with van der Waals surface area (Å²) in [5.74, 6) is 0.858. The molecule has 1 aliphatic rings. The van der Waals surface area contributed by atoms with E-state index in [9.17, 15) is 9.59 Å². The fraction of sp³-hybridized carbons (Fsp3) is 0.483. The molecule has 6 heteroatoms. The lowest BCUT2D eigenvalue weighted by atomic mass is 9.96. The van der Waals surface area contributed by atoms with Gasteiger partial charge in [0.1, 0.15) is 5.82 Å². The largest absolute Gasteiger partial charge is 0.335 e. The Labute approximate surface area is 208 Å². The first-order chi connectivity index (χ1) is 16.8. The van der Waals surface area contributed by atoms with E-state index >= 15 is 0 Å². The SMILES string of the molecule is Cc1ccc(-n2c(C(C)N(CC(C)C)C(=O)NC3CCCCC3)nc3ccccc3c2=O)c(C)c1. The fourth-order valence-electron chi connectivity index (χ4n) is 5.17. The van der Waals surface area contributed by atoms with E-state index in [1.165, 1.54) is 6.42 Å². The molecule has 2 aromatic carbocycles. The molecule has 0 bridgehead atoms. The third-order valence-electron chi connectivity index (χ3n) is 6.99. The number of hydrogen-bond acceptors (Lipinski definition) is 3. The third-order valence-corrected chi connectivity index (χ3v) is 6.99. The number of carbonyl (C=O) groups is 1.